The van der Waals surface area contributed by atoms with Crippen LogP contribution >= 0.6 is 0 Å². The van der Waals surface area contributed by atoms with Crippen molar-refractivity contribution in [2.45, 2.75) is 60.3 Å². The Balaban J connectivity index is 2.34. The Kier molecular flexibility index (Phi) is 4.86. The van der Waals surface area contributed by atoms with Crippen LogP contribution < -0.4 is 5.32 Å². The van der Waals surface area contributed by atoms with Gasteiger partial charge in [-0.2, -0.15) is 5.26 Å². The van der Waals surface area contributed by atoms with Crippen molar-refractivity contribution in [3.8, 4) is 17.2 Å². The third kappa shape index (κ3) is 2.93. The molecule has 1 aliphatic heterocycles. The topological polar surface area (TPSA) is 35.8 Å². The lowest BCUT2D eigenvalue weighted by Gasteiger charge is -2.29. The quantitative estimate of drug-likeness (QED) is 0.774. The molecule has 3 rings (SSSR count). The molecule has 0 aromatic heterocycles. The molecule has 0 radical (unpaired) electrons. The summed E-state index contributed by atoms with van der Waals surface area (Å²) in [6, 6.07) is 6.34. The van der Waals surface area contributed by atoms with E-state index in [1.54, 1.807) is 0 Å². The van der Waals surface area contributed by atoms with Crippen LogP contribution in [0.4, 0.5) is 5.69 Å². The summed E-state index contributed by atoms with van der Waals surface area (Å²) in [6.07, 6.45) is 4.63. The number of nitriles is 1. The standard InChI is InChI=1S/C23H28N2/c1-6-8-19-16(4)22(17(5)20-9-7-10-25-23(19)20)21-14(2)11-18(13-24)12-15(21)3/h11-12,25H,6-10H2,1-5H3. The molecule has 0 bridgehead atoms. The van der Waals surface area contributed by atoms with Crippen molar-refractivity contribution >= 4 is 5.69 Å². The van der Waals surface area contributed by atoms with E-state index in [0.717, 1.165) is 31.4 Å². The van der Waals surface area contributed by atoms with Crippen LogP contribution in [-0.2, 0) is 12.8 Å². The van der Waals surface area contributed by atoms with E-state index >= 15 is 0 Å². The van der Waals surface area contributed by atoms with Crippen LogP contribution in [0, 0.1) is 39.0 Å². The van der Waals surface area contributed by atoms with Gasteiger partial charge in [-0.1, -0.05) is 13.3 Å². The summed E-state index contributed by atoms with van der Waals surface area (Å²) in [6.45, 7) is 12.2. The van der Waals surface area contributed by atoms with Crippen LogP contribution in [0.25, 0.3) is 11.1 Å². The SMILES string of the molecule is CCCc1c(C)c(-c2c(C)cc(C#N)cc2C)c(C)c2c1NCCC2. The van der Waals surface area contributed by atoms with Gasteiger partial charge in [0.05, 0.1) is 11.6 Å². The zero-order valence-electron chi connectivity index (χ0n) is 16.1. The molecule has 0 atom stereocenters. The van der Waals surface area contributed by atoms with E-state index in [0.29, 0.717) is 0 Å². The van der Waals surface area contributed by atoms with Crippen LogP contribution in [0.2, 0.25) is 0 Å². The maximum absolute atomic E-state index is 9.27. The first-order valence-electron chi connectivity index (χ1n) is 9.40. The molecule has 1 aliphatic rings. The Labute approximate surface area is 151 Å². The number of rotatable bonds is 3. The predicted octanol–water partition coefficient (Wildman–Crippen LogP) is 5.77. The minimum absolute atomic E-state index is 0.752. The number of anilines is 1. The van der Waals surface area contributed by atoms with Gasteiger partial charge in [0.2, 0.25) is 0 Å². The maximum atomic E-state index is 9.27. The second kappa shape index (κ2) is 6.92. The van der Waals surface area contributed by atoms with Crippen molar-refractivity contribution in [2.75, 3.05) is 11.9 Å². The first-order valence-corrected chi connectivity index (χ1v) is 9.40. The molecule has 2 nitrogen and oxygen atoms in total. The van der Waals surface area contributed by atoms with E-state index in [1.165, 1.54) is 56.6 Å². The van der Waals surface area contributed by atoms with Gasteiger partial charge in [-0.05, 0) is 104 Å². The fourth-order valence-corrected chi connectivity index (χ4v) is 4.50. The molecule has 1 heterocycles. The summed E-state index contributed by atoms with van der Waals surface area (Å²) in [5.74, 6) is 0. The summed E-state index contributed by atoms with van der Waals surface area (Å²) >= 11 is 0. The molecule has 2 heteroatoms. The van der Waals surface area contributed by atoms with Crippen molar-refractivity contribution < 1.29 is 0 Å². The van der Waals surface area contributed by atoms with Gasteiger partial charge >= 0.3 is 0 Å². The van der Waals surface area contributed by atoms with Gasteiger partial charge in [0.25, 0.3) is 0 Å². The molecule has 25 heavy (non-hydrogen) atoms. The summed E-state index contributed by atoms with van der Waals surface area (Å²) in [5, 5.41) is 13.0. The lowest BCUT2D eigenvalue weighted by molar-refractivity contribution is 0.809. The largest absolute Gasteiger partial charge is 0.385 e. The van der Waals surface area contributed by atoms with Crippen LogP contribution in [0.5, 0.6) is 0 Å². The van der Waals surface area contributed by atoms with Gasteiger partial charge in [0.15, 0.2) is 0 Å². The van der Waals surface area contributed by atoms with Crippen molar-refractivity contribution in [1.82, 2.24) is 0 Å². The van der Waals surface area contributed by atoms with Crippen LogP contribution in [-0.4, -0.2) is 6.54 Å². The monoisotopic (exact) mass is 332 g/mol. The highest BCUT2D eigenvalue weighted by Crippen LogP contribution is 2.42. The number of aryl methyl sites for hydroxylation is 2. The zero-order valence-corrected chi connectivity index (χ0v) is 16.1. The van der Waals surface area contributed by atoms with Gasteiger partial charge in [-0.25, -0.2) is 0 Å². The van der Waals surface area contributed by atoms with Gasteiger partial charge in [-0.3, -0.25) is 0 Å². The fraction of sp³-hybridized carbons (Fsp3) is 0.435. The Morgan fingerprint density at radius 1 is 1.04 bits per heavy atom. The average molecular weight is 332 g/mol. The predicted molar refractivity (Wildman–Crippen MR) is 106 cm³/mol. The average Bonchev–Trinajstić information content (AvgIpc) is 2.60. The molecule has 0 aliphatic carbocycles. The summed E-state index contributed by atoms with van der Waals surface area (Å²) in [5.41, 5.74) is 13.1. The third-order valence-corrected chi connectivity index (χ3v) is 5.58. The second-order valence-corrected chi connectivity index (χ2v) is 7.33. The van der Waals surface area contributed by atoms with Gasteiger partial charge in [0.1, 0.15) is 0 Å². The second-order valence-electron chi connectivity index (χ2n) is 7.33. The van der Waals surface area contributed by atoms with Crippen molar-refractivity contribution in [1.29, 1.82) is 5.26 Å². The fourth-order valence-electron chi connectivity index (χ4n) is 4.50. The lowest BCUT2D eigenvalue weighted by Crippen LogP contribution is -2.17. The number of hydrogen-bond acceptors (Lipinski definition) is 2. The van der Waals surface area contributed by atoms with Crippen molar-refractivity contribution in [3.05, 3.63) is 51.1 Å². The minimum atomic E-state index is 0.752. The Hall–Kier alpha value is -2.27. The van der Waals surface area contributed by atoms with Gasteiger partial charge in [-0.15, -0.1) is 0 Å². The lowest BCUT2D eigenvalue weighted by atomic mass is 9.81. The zero-order chi connectivity index (χ0) is 18.1. The van der Waals surface area contributed by atoms with Gasteiger partial charge in [0, 0.05) is 12.2 Å². The van der Waals surface area contributed by atoms with Crippen molar-refractivity contribution in [2.24, 2.45) is 0 Å². The van der Waals surface area contributed by atoms with E-state index < -0.39 is 0 Å². The minimum Gasteiger partial charge on any atom is -0.385 e. The highest BCUT2D eigenvalue weighted by Gasteiger charge is 2.23. The van der Waals surface area contributed by atoms with E-state index in [2.05, 4.69) is 46.0 Å². The van der Waals surface area contributed by atoms with Gasteiger partial charge < -0.3 is 5.32 Å². The normalized spacial score (nSPS) is 13.1. The van der Waals surface area contributed by atoms with E-state index in [4.69, 9.17) is 0 Å². The highest BCUT2D eigenvalue weighted by atomic mass is 14.9. The first kappa shape index (κ1) is 17.5. The molecule has 0 spiro atoms. The smallest absolute Gasteiger partial charge is 0.0991 e. The number of hydrogen-bond donors (Lipinski definition) is 1. The van der Waals surface area contributed by atoms with Crippen LogP contribution in [0.3, 0.4) is 0 Å². The van der Waals surface area contributed by atoms with Crippen molar-refractivity contribution in [3.63, 3.8) is 0 Å². The number of benzene rings is 2. The van der Waals surface area contributed by atoms with Crippen LogP contribution in [0.1, 0.15) is 58.7 Å². The molecule has 2 aromatic rings. The van der Waals surface area contributed by atoms with Crippen LogP contribution in [0.15, 0.2) is 12.1 Å². The number of nitrogens with one attached hydrogen (secondary N) is 1. The highest BCUT2D eigenvalue weighted by molar-refractivity contribution is 5.83. The molecular formula is C23H28N2. The van der Waals surface area contributed by atoms with E-state index in [1.807, 2.05) is 12.1 Å². The third-order valence-electron chi connectivity index (χ3n) is 5.58. The molecule has 0 unspecified atom stereocenters. The molecular weight excluding hydrogens is 304 g/mol. The molecule has 0 fully saturated rings. The number of nitrogens with zero attached hydrogens (tertiary/aromatic N) is 1. The summed E-state index contributed by atoms with van der Waals surface area (Å²) in [4.78, 5) is 0. The summed E-state index contributed by atoms with van der Waals surface area (Å²) < 4.78 is 0. The summed E-state index contributed by atoms with van der Waals surface area (Å²) in [7, 11) is 0. The molecule has 1 N–H and O–H groups in total. The Bertz CT molecular complexity index is 846. The molecule has 0 saturated carbocycles. The number of fused-ring (bicyclic) bond motifs is 1. The molecule has 0 saturated heterocycles. The maximum Gasteiger partial charge on any atom is 0.0991 e. The van der Waals surface area contributed by atoms with E-state index in [9.17, 15) is 5.26 Å². The Morgan fingerprint density at radius 3 is 2.32 bits per heavy atom. The molecule has 2 aromatic carbocycles. The molecule has 130 valence electrons. The Morgan fingerprint density at radius 2 is 1.72 bits per heavy atom. The molecule has 0 amide bonds. The first-order chi connectivity index (χ1) is 12.0. The van der Waals surface area contributed by atoms with E-state index in [-0.39, 0.29) is 0 Å².